The number of nitrogens with zero attached hydrogens (tertiary/aromatic N) is 8. The predicted molar refractivity (Wildman–Crippen MR) is 147 cm³/mol. The molecule has 1 aliphatic heterocycles. The van der Waals surface area contributed by atoms with Crippen LogP contribution in [-0.2, 0) is 11.3 Å². The van der Waals surface area contributed by atoms with E-state index in [1.165, 1.54) is 5.56 Å². The molecule has 0 N–H and O–H groups in total. The van der Waals surface area contributed by atoms with Gasteiger partial charge in [0.1, 0.15) is 11.2 Å². The molecule has 0 amide bonds. The standard InChI is InChI=1S/C28H32N8O2/c1-19-6-5-7-21(14-19)22-17-29-36(18-22)28-30-24-16-25(23-15-20(2)35(32-23)9-8-33(3)4)38-26(24)27(31-28)34-10-12-37-13-11-34/h5-7,14-18H,8-13H2,1-4H3. The van der Waals surface area contributed by atoms with Gasteiger partial charge in [-0.05, 0) is 39.6 Å². The number of anilines is 1. The molecule has 196 valence electrons. The Balaban J connectivity index is 1.41. The molecule has 10 heteroatoms. The van der Waals surface area contributed by atoms with Gasteiger partial charge in [-0.15, -0.1) is 0 Å². The monoisotopic (exact) mass is 512 g/mol. The minimum Gasteiger partial charge on any atom is -0.449 e. The zero-order valence-corrected chi connectivity index (χ0v) is 22.3. The van der Waals surface area contributed by atoms with E-state index in [0.29, 0.717) is 30.5 Å². The third-order valence-corrected chi connectivity index (χ3v) is 6.78. The number of aryl methyl sites for hydroxylation is 2. The first-order chi connectivity index (χ1) is 18.4. The maximum atomic E-state index is 6.39. The Morgan fingerprint density at radius 3 is 2.63 bits per heavy atom. The number of rotatable bonds is 7. The number of aromatic nitrogens is 6. The van der Waals surface area contributed by atoms with Crippen LogP contribution in [0.2, 0.25) is 0 Å². The van der Waals surface area contributed by atoms with E-state index in [4.69, 9.17) is 24.2 Å². The van der Waals surface area contributed by atoms with Crippen molar-refractivity contribution in [3.05, 3.63) is 60.0 Å². The van der Waals surface area contributed by atoms with Crippen LogP contribution in [0.25, 0.3) is 39.6 Å². The normalized spacial score (nSPS) is 14.2. The van der Waals surface area contributed by atoms with Crippen molar-refractivity contribution in [2.24, 2.45) is 0 Å². The van der Waals surface area contributed by atoms with E-state index in [-0.39, 0.29) is 0 Å². The molecule has 0 aliphatic carbocycles. The van der Waals surface area contributed by atoms with Gasteiger partial charge >= 0.3 is 0 Å². The van der Waals surface area contributed by atoms with Gasteiger partial charge in [0.2, 0.25) is 0 Å². The average molecular weight is 513 g/mol. The Labute approximate surface area is 221 Å². The predicted octanol–water partition coefficient (Wildman–Crippen LogP) is 3.95. The van der Waals surface area contributed by atoms with Crippen molar-refractivity contribution < 1.29 is 9.15 Å². The highest BCUT2D eigenvalue weighted by Gasteiger charge is 2.23. The Morgan fingerprint density at radius 2 is 1.84 bits per heavy atom. The number of fused-ring (bicyclic) bond motifs is 1. The smallest absolute Gasteiger partial charge is 0.253 e. The summed E-state index contributed by atoms with van der Waals surface area (Å²) >= 11 is 0. The Bertz CT molecular complexity index is 1580. The fraction of sp³-hybridized carbons (Fsp3) is 0.357. The number of morpholine rings is 1. The van der Waals surface area contributed by atoms with E-state index in [2.05, 4.69) is 73.2 Å². The molecule has 1 aromatic carbocycles. The van der Waals surface area contributed by atoms with Crippen LogP contribution in [0, 0.1) is 13.8 Å². The molecular formula is C28H32N8O2. The molecule has 0 saturated carbocycles. The summed E-state index contributed by atoms with van der Waals surface area (Å²) in [5.74, 6) is 1.92. The molecule has 1 aliphatic rings. The van der Waals surface area contributed by atoms with E-state index in [1.807, 2.05) is 23.1 Å². The minimum absolute atomic E-state index is 0.498. The summed E-state index contributed by atoms with van der Waals surface area (Å²) in [7, 11) is 4.12. The average Bonchev–Trinajstić information content (AvgIpc) is 3.65. The molecule has 0 bridgehead atoms. The highest BCUT2D eigenvalue weighted by Crippen LogP contribution is 2.33. The lowest BCUT2D eigenvalue weighted by molar-refractivity contribution is 0.122. The third kappa shape index (κ3) is 4.80. The summed E-state index contributed by atoms with van der Waals surface area (Å²) in [4.78, 5) is 14.1. The molecule has 38 heavy (non-hydrogen) atoms. The van der Waals surface area contributed by atoms with Gasteiger partial charge in [-0.25, -0.2) is 9.67 Å². The molecule has 1 saturated heterocycles. The number of hydrogen-bond donors (Lipinski definition) is 0. The molecule has 0 radical (unpaired) electrons. The lowest BCUT2D eigenvalue weighted by atomic mass is 10.1. The lowest BCUT2D eigenvalue weighted by Crippen LogP contribution is -2.37. The molecular weight excluding hydrogens is 480 g/mol. The molecule has 0 atom stereocenters. The van der Waals surface area contributed by atoms with Gasteiger partial charge in [-0.2, -0.15) is 15.2 Å². The van der Waals surface area contributed by atoms with Gasteiger partial charge in [0.25, 0.3) is 5.95 Å². The molecule has 6 rings (SSSR count). The fourth-order valence-corrected chi connectivity index (χ4v) is 4.68. The first-order valence-corrected chi connectivity index (χ1v) is 12.9. The maximum Gasteiger partial charge on any atom is 0.253 e. The van der Waals surface area contributed by atoms with E-state index in [9.17, 15) is 0 Å². The molecule has 10 nitrogen and oxygen atoms in total. The molecule has 4 aromatic heterocycles. The molecule has 5 heterocycles. The zero-order valence-electron chi connectivity index (χ0n) is 22.3. The highest BCUT2D eigenvalue weighted by atomic mass is 16.5. The van der Waals surface area contributed by atoms with Crippen molar-refractivity contribution in [3.63, 3.8) is 0 Å². The third-order valence-electron chi connectivity index (χ3n) is 6.78. The maximum absolute atomic E-state index is 6.39. The van der Waals surface area contributed by atoms with Gasteiger partial charge in [-0.3, -0.25) is 4.68 Å². The van der Waals surface area contributed by atoms with Crippen LogP contribution in [0.3, 0.4) is 0 Å². The van der Waals surface area contributed by atoms with Crippen molar-refractivity contribution in [1.29, 1.82) is 0 Å². The minimum atomic E-state index is 0.498. The van der Waals surface area contributed by atoms with Crippen LogP contribution < -0.4 is 4.90 Å². The van der Waals surface area contributed by atoms with Crippen molar-refractivity contribution in [2.75, 3.05) is 51.8 Å². The number of furan rings is 1. The van der Waals surface area contributed by atoms with Gasteiger partial charge in [-0.1, -0.05) is 29.8 Å². The number of benzene rings is 1. The van der Waals surface area contributed by atoms with Crippen LogP contribution in [0.5, 0.6) is 0 Å². The number of hydrogen-bond acceptors (Lipinski definition) is 8. The fourth-order valence-electron chi connectivity index (χ4n) is 4.68. The molecule has 0 spiro atoms. The zero-order chi connectivity index (χ0) is 26.2. The van der Waals surface area contributed by atoms with Crippen molar-refractivity contribution in [3.8, 4) is 28.5 Å². The van der Waals surface area contributed by atoms with Crippen LogP contribution >= 0.6 is 0 Å². The summed E-state index contributed by atoms with van der Waals surface area (Å²) in [5.41, 5.74) is 6.57. The topological polar surface area (TPSA) is 90.3 Å². The van der Waals surface area contributed by atoms with E-state index in [1.54, 1.807) is 4.68 Å². The SMILES string of the molecule is Cc1cccc(-c2cnn(-c3nc(N4CCOCC4)c4oc(-c5cc(C)n(CCN(C)C)n5)cc4n3)c2)c1. The second-order valence-corrected chi connectivity index (χ2v) is 10.0. The van der Waals surface area contributed by atoms with Crippen LogP contribution in [0.1, 0.15) is 11.3 Å². The second kappa shape index (κ2) is 10.0. The summed E-state index contributed by atoms with van der Waals surface area (Å²) in [5, 5.41) is 9.41. The lowest BCUT2D eigenvalue weighted by Gasteiger charge is -2.27. The van der Waals surface area contributed by atoms with Gasteiger partial charge in [0.05, 0.1) is 26.0 Å². The van der Waals surface area contributed by atoms with Crippen LogP contribution in [-0.4, -0.2) is 81.4 Å². The van der Waals surface area contributed by atoms with E-state index >= 15 is 0 Å². The molecule has 0 unspecified atom stereocenters. The summed E-state index contributed by atoms with van der Waals surface area (Å²) in [6.07, 6.45) is 3.82. The van der Waals surface area contributed by atoms with Crippen molar-refractivity contribution >= 4 is 16.9 Å². The Hall–Kier alpha value is -4.02. The van der Waals surface area contributed by atoms with Gasteiger partial charge < -0.3 is 19.0 Å². The van der Waals surface area contributed by atoms with Gasteiger partial charge in [0, 0.05) is 43.2 Å². The summed E-state index contributed by atoms with van der Waals surface area (Å²) in [6.45, 7) is 8.61. The van der Waals surface area contributed by atoms with Gasteiger partial charge in [0.15, 0.2) is 17.2 Å². The Morgan fingerprint density at radius 1 is 1.00 bits per heavy atom. The molecule has 1 fully saturated rings. The van der Waals surface area contributed by atoms with E-state index in [0.717, 1.165) is 60.0 Å². The second-order valence-electron chi connectivity index (χ2n) is 10.0. The largest absolute Gasteiger partial charge is 0.449 e. The number of likely N-dealkylation sites (N-methyl/N-ethyl adjacent to an activating group) is 1. The highest BCUT2D eigenvalue weighted by molar-refractivity contribution is 5.88. The molecule has 5 aromatic rings. The Kier molecular flexibility index (Phi) is 6.42. The number of ether oxygens (including phenoxy) is 1. The van der Waals surface area contributed by atoms with Crippen LogP contribution in [0.4, 0.5) is 5.82 Å². The summed E-state index contributed by atoms with van der Waals surface area (Å²) in [6, 6.07) is 12.4. The quantitative estimate of drug-likeness (QED) is 0.324. The van der Waals surface area contributed by atoms with E-state index < -0.39 is 0 Å². The first-order valence-electron chi connectivity index (χ1n) is 12.9. The first kappa shape index (κ1) is 24.3. The summed E-state index contributed by atoms with van der Waals surface area (Å²) < 4.78 is 15.7. The van der Waals surface area contributed by atoms with Crippen LogP contribution in [0.15, 0.2) is 53.2 Å². The van der Waals surface area contributed by atoms with Crippen molar-refractivity contribution in [2.45, 2.75) is 20.4 Å². The van der Waals surface area contributed by atoms with Crippen molar-refractivity contribution in [1.82, 2.24) is 34.4 Å².